The van der Waals surface area contributed by atoms with Gasteiger partial charge in [0.25, 0.3) is 11.7 Å². The van der Waals surface area contributed by atoms with Gasteiger partial charge in [0.05, 0.1) is 44.6 Å². The second kappa shape index (κ2) is 12.3. The normalized spacial score (nSPS) is 16.8. The van der Waals surface area contributed by atoms with Crippen molar-refractivity contribution >= 4 is 17.4 Å². The highest BCUT2D eigenvalue weighted by molar-refractivity contribution is 6.46. The molecule has 1 heterocycles. The first-order chi connectivity index (χ1) is 17.4. The lowest BCUT2D eigenvalue weighted by Gasteiger charge is -2.26. The van der Waals surface area contributed by atoms with E-state index in [0.29, 0.717) is 60.4 Å². The molecule has 0 saturated carbocycles. The van der Waals surface area contributed by atoms with E-state index in [1.165, 1.54) is 19.1 Å². The van der Waals surface area contributed by atoms with E-state index in [2.05, 4.69) is 0 Å². The fraction of sp³-hybridized carbons (Fsp3) is 0.407. The summed E-state index contributed by atoms with van der Waals surface area (Å²) < 4.78 is 27.2. The molecule has 9 heteroatoms. The summed E-state index contributed by atoms with van der Waals surface area (Å²) in [5.41, 5.74) is 0.852. The minimum absolute atomic E-state index is 0.0326. The number of carbonyl (C=O) groups is 2. The first kappa shape index (κ1) is 26.9. The number of hydrogen-bond donors (Lipinski definition) is 1. The molecule has 1 saturated heterocycles. The molecule has 194 valence electrons. The number of ether oxygens (including phenoxy) is 5. The predicted molar refractivity (Wildman–Crippen MR) is 134 cm³/mol. The number of benzene rings is 2. The Morgan fingerprint density at radius 2 is 1.64 bits per heavy atom. The van der Waals surface area contributed by atoms with Crippen LogP contribution in [0.4, 0.5) is 0 Å². The molecular formula is C27H33NO8. The summed E-state index contributed by atoms with van der Waals surface area (Å²) in [5.74, 6) is 0.0501. The second-order valence-corrected chi connectivity index (χ2v) is 7.98. The van der Waals surface area contributed by atoms with Crippen LogP contribution in [0.2, 0.25) is 0 Å². The van der Waals surface area contributed by atoms with E-state index in [9.17, 15) is 14.7 Å². The average Bonchev–Trinajstić information content (AvgIpc) is 3.13. The molecule has 2 aromatic rings. The molecule has 1 fully saturated rings. The van der Waals surface area contributed by atoms with E-state index in [-0.39, 0.29) is 17.9 Å². The van der Waals surface area contributed by atoms with Crippen LogP contribution in [0.3, 0.4) is 0 Å². The third-order valence-corrected chi connectivity index (χ3v) is 5.83. The number of amides is 1. The van der Waals surface area contributed by atoms with E-state index >= 15 is 0 Å². The van der Waals surface area contributed by atoms with Crippen LogP contribution in [0, 0.1) is 0 Å². The smallest absolute Gasteiger partial charge is 0.295 e. The maximum Gasteiger partial charge on any atom is 0.295 e. The van der Waals surface area contributed by atoms with Gasteiger partial charge in [-0.05, 0) is 50.1 Å². The van der Waals surface area contributed by atoms with Crippen molar-refractivity contribution in [1.82, 2.24) is 4.90 Å². The molecule has 0 spiro atoms. The molecule has 0 radical (unpaired) electrons. The number of likely N-dealkylation sites (tertiary alicyclic amines) is 1. The zero-order chi connectivity index (χ0) is 26.2. The molecule has 3 rings (SSSR count). The fourth-order valence-electron chi connectivity index (χ4n) is 4.23. The summed E-state index contributed by atoms with van der Waals surface area (Å²) in [6, 6.07) is 9.26. The van der Waals surface area contributed by atoms with Crippen LogP contribution in [-0.4, -0.2) is 69.4 Å². The van der Waals surface area contributed by atoms with Crippen molar-refractivity contribution in [3.63, 3.8) is 0 Å². The van der Waals surface area contributed by atoms with Crippen molar-refractivity contribution in [2.45, 2.75) is 26.3 Å². The van der Waals surface area contributed by atoms with E-state index in [1.54, 1.807) is 43.5 Å². The first-order valence-electron chi connectivity index (χ1n) is 11.8. The van der Waals surface area contributed by atoms with Gasteiger partial charge in [0.2, 0.25) is 0 Å². The number of rotatable bonds is 12. The number of methoxy groups -OCH3 is 3. The molecule has 0 aliphatic carbocycles. The molecule has 0 bridgehead atoms. The van der Waals surface area contributed by atoms with Gasteiger partial charge in [-0.15, -0.1) is 0 Å². The second-order valence-electron chi connectivity index (χ2n) is 7.98. The first-order valence-corrected chi connectivity index (χ1v) is 11.8. The molecule has 1 aliphatic rings. The Hall–Kier alpha value is -3.72. The van der Waals surface area contributed by atoms with Crippen LogP contribution < -0.4 is 18.9 Å². The highest BCUT2D eigenvalue weighted by Gasteiger charge is 2.46. The zero-order valence-corrected chi connectivity index (χ0v) is 21.3. The monoisotopic (exact) mass is 499 g/mol. The Morgan fingerprint density at radius 1 is 0.917 bits per heavy atom. The number of nitrogens with zero attached hydrogens (tertiary/aromatic N) is 1. The minimum atomic E-state index is -0.845. The standard InChI is InChI=1S/C27H33NO8/c1-6-35-18-10-11-19(21(16-18)36-7-2)25(29)23-24(17-9-12-20(33-4)22(15-17)34-5)28(13-8-14-32-3)27(31)26(23)30/h9-12,15-16,24,29H,6-8,13-14H2,1-5H3/b25-23+. The lowest BCUT2D eigenvalue weighted by molar-refractivity contribution is -0.140. The summed E-state index contributed by atoms with van der Waals surface area (Å²) in [7, 11) is 4.60. The average molecular weight is 500 g/mol. The molecule has 1 aliphatic heterocycles. The van der Waals surface area contributed by atoms with Crippen molar-refractivity contribution in [2.75, 3.05) is 47.7 Å². The number of Topliss-reactive ketones (excluding diaryl/α,β-unsaturated/α-hetero) is 1. The molecule has 1 unspecified atom stereocenters. The topological polar surface area (TPSA) is 104 Å². The molecule has 9 nitrogen and oxygen atoms in total. The molecule has 0 aromatic heterocycles. The van der Waals surface area contributed by atoms with Gasteiger partial charge in [-0.2, -0.15) is 0 Å². The Kier molecular flexibility index (Phi) is 9.19. The van der Waals surface area contributed by atoms with E-state index in [4.69, 9.17) is 23.7 Å². The van der Waals surface area contributed by atoms with Crippen LogP contribution in [0.1, 0.15) is 37.4 Å². The lowest BCUT2D eigenvalue weighted by Crippen LogP contribution is -2.31. The lowest BCUT2D eigenvalue weighted by atomic mass is 9.94. The Balaban J connectivity index is 2.20. The van der Waals surface area contributed by atoms with Gasteiger partial charge in [-0.1, -0.05) is 6.07 Å². The van der Waals surface area contributed by atoms with E-state index in [1.807, 2.05) is 13.8 Å². The highest BCUT2D eigenvalue weighted by Crippen LogP contribution is 2.43. The molecular weight excluding hydrogens is 466 g/mol. The Labute approximate surface area is 211 Å². The number of carbonyl (C=O) groups excluding carboxylic acids is 2. The zero-order valence-electron chi connectivity index (χ0n) is 21.3. The van der Waals surface area contributed by atoms with Crippen LogP contribution in [0.15, 0.2) is 42.0 Å². The summed E-state index contributed by atoms with van der Waals surface area (Å²) in [4.78, 5) is 27.9. The van der Waals surface area contributed by atoms with Gasteiger partial charge in [-0.3, -0.25) is 9.59 Å². The summed E-state index contributed by atoms with van der Waals surface area (Å²) in [5, 5.41) is 11.5. The quantitative estimate of drug-likeness (QED) is 0.203. The summed E-state index contributed by atoms with van der Waals surface area (Å²) in [6.45, 7) is 5.14. The van der Waals surface area contributed by atoms with Crippen molar-refractivity contribution in [3.8, 4) is 23.0 Å². The summed E-state index contributed by atoms with van der Waals surface area (Å²) >= 11 is 0. The molecule has 2 aromatic carbocycles. The summed E-state index contributed by atoms with van der Waals surface area (Å²) in [6.07, 6.45) is 0.514. The molecule has 1 atom stereocenters. The molecule has 36 heavy (non-hydrogen) atoms. The van der Waals surface area contributed by atoms with Crippen molar-refractivity contribution in [2.24, 2.45) is 0 Å². The van der Waals surface area contributed by atoms with Gasteiger partial charge < -0.3 is 33.7 Å². The van der Waals surface area contributed by atoms with Gasteiger partial charge >= 0.3 is 0 Å². The van der Waals surface area contributed by atoms with Crippen molar-refractivity contribution in [3.05, 3.63) is 53.1 Å². The predicted octanol–water partition coefficient (Wildman–Crippen LogP) is 3.96. The number of ketones is 1. The third-order valence-electron chi connectivity index (χ3n) is 5.83. The number of aliphatic hydroxyl groups excluding tert-OH is 1. The maximum absolute atomic E-state index is 13.3. The Morgan fingerprint density at radius 3 is 2.28 bits per heavy atom. The SMILES string of the molecule is CCOc1ccc(/C(O)=C2\C(=O)C(=O)N(CCCOC)C2c2ccc(OC)c(OC)c2)c(OCC)c1. The van der Waals surface area contributed by atoms with E-state index < -0.39 is 17.7 Å². The largest absolute Gasteiger partial charge is 0.507 e. The minimum Gasteiger partial charge on any atom is -0.507 e. The molecule has 1 N–H and O–H groups in total. The van der Waals surface area contributed by atoms with E-state index in [0.717, 1.165) is 0 Å². The van der Waals surface area contributed by atoms with Crippen LogP contribution in [0.25, 0.3) is 5.76 Å². The number of hydrogen-bond acceptors (Lipinski definition) is 8. The van der Waals surface area contributed by atoms with Gasteiger partial charge in [-0.25, -0.2) is 0 Å². The number of aliphatic hydroxyl groups is 1. The van der Waals surface area contributed by atoms with Gasteiger partial charge in [0.15, 0.2) is 11.5 Å². The van der Waals surface area contributed by atoms with Gasteiger partial charge in [0, 0.05) is 26.3 Å². The Bertz CT molecular complexity index is 1130. The fourth-order valence-corrected chi connectivity index (χ4v) is 4.23. The van der Waals surface area contributed by atoms with Crippen molar-refractivity contribution in [1.29, 1.82) is 0 Å². The van der Waals surface area contributed by atoms with Crippen LogP contribution in [0.5, 0.6) is 23.0 Å². The van der Waals surface area contributed by atoms with Crippen LogP contribution in [-0.2, 0) is 14.3 Å². The third kappa shape index (κ3) is 5.41. The van der Waals surface area contributed by atoms with Gasteiger partial charge in [0.1, 0.15) is 17.3 Å². The van der Waals surface area contributed by atoms with Crippen LogP contribution >= 0.6 is 0 Å². The maximum atomic E-state index is 13.3. The highest BCUT2D eigenvalue weighted by atomic mass is 16.5. The molecule has 1 amide bonds. The van der Waals surface area contributed by atoms with Crippen molar-refractivity contribution < 1.29 is 38.4 Å².